The number of hydrogen-bond donors (Lipinski definition) is 4. The van der Waals surface area contributed by atoms with Crippen LogP contribution in [0.4, 0.5) is 26.1 Å². The van der Waals surface area contributed by atoms with Crippen LogP contribution in [0.3, 0.4) is 0 Å². The third-order valence-corrected chi connectivity index (χ3v) is 4.76. The Morgan fingerprint density at radius 3 is 2.96 bits per heavy atom. The molecule has 1 aliphatic rings. The summed E-state index contributed by atoms with van der Waals surface area (Å²) in [6.45, 7) is 2.20. The molecule has 3 rings (SSSR count). The number of benzene rings is 1. The van der Waals surface area contributed by atoms with Gasteiger partial charge < -0.3 is 21.1 Å². The predicted octanol–water partition coefficient (Wildman–Crippen LogP) is 3.00. The van der Waals surface area contributed by atoms with E-state index in [-0.39, 0.29) is 24.0 Å². The number of halogens is 2. The normalized spacial score (nSPS) is 14.2. The van der Waals surface area contributed by atoms with Crippen LogP contribution in [0, 0.1) is 11.6 Å². The quantitative estimate of drug-likeness (QED) is 0.336. The molecule has 0 radical (unpaired) electrons. The number of aliphatic hydroxyl groups excluding tert-OH is 1. The second kappa shape index (κ2) is 8.11. The molecule has 0 fully saturated rings. The summed E-state index contributed by atoms with van der Waals surface area (Å²) in [6, 6.07) is 3.84. The van der Waals surface area contributed by atoms with Gasteiger partial charge in [-0.3, -0.25) is 0 Å². The summed E-state index contributed by atoms with van der Waals surface area (Å²) in [7, 11) is 0. The van der Waals surface area contributed by atoms with Crippen molar-refractivity contribution in [1.29, 1.82) is 0 Å². The second-order valence-corrected chi connectivity index (χ2v) is 7.14. The molecule has 6 nitrogen and oxygen atoms in total. The summed E-state index contributed by atoms with van der Waals surface area (Å²) < 4.78 is 27.2. The zero-order valence-electron chi connectivity index (χ0n) is 13.8. The van der Waals surface area contributed by atoms with E-state index in [0.717, 1.165) is 6.07 Å². The van der Waals surface area contributed by atoms with Gasteiger partial charge in [-0.2, -0.15) is 0 Å². The van der Waals surface area contributed by atoms with E-state index in [4.69, 9.17) is 12.2 Å². The van der Waals surface area contributed by atoms with Crippen molar-refractivity contribution in [2.75, 3.05) is 29.1 Å². The van der Waals surface area contributed by atoms with Gasteiger partial charge in [0.2, 0.25) is 0 Å². The van der Waals surface area contributed by atoms with Crippen LogP contribution in [-0.4, -0.2) is 39.3 Å². The minimum atomic E-state index is -0.884. The Morgan fingerprint density at radius 1 is 1.38 bits per heavy atom. The Bertz CT molecular complexity index is 837. The number of fused-ring (bicyclic) bond motifs is 1. The van der Waals surface area contributed by atoms with Crippen molar-refractivity contribution < 1.29 is 13.9 Å². The average Bonchev–Trinajstić information content (AvgIpc) is 2.62. The lowest BCUT2D eigenvalue weighted by Gasteiger charge is -2.24. The number of hydrogen-bond acceptors (Lipinski definition) is 7. The van der Waals surface area contributed by atoms with Crippen LogP contribution >= 0.6 is 24.0 Å². The van der Waals surface area contributed by atoms with Gasteiger partial charge >= 0.3 is 0 Å². The molecule has 0 saturated carbocycles. The third-order valence-electron chi connectivity index (χ3n) is 3.62. The number of anilines is 3. The van der Waals surface area contributed by atoms with E-state index in [1.807, 2.05) is 6.92 Å². The maximum absolute atomic E-state index is 13.8. The van der Waals surface area contributed by atoms with Crippen LogP contribution in [0.5, 0.6) is 0 Å². The van der Waals surface area contributed by atoms with Crippen LogP contribution in [0.1, 0.15) is 12.5 Å². The summed E-state index contributed by atoms with van der Waals surface area (Å²) in [5, 5.41) is 18.9. The lowest BCUT2D eigenvalue weighted by atomic mass is 10.2. The summed E-state index contributed by atoms with van der Waals surface area (Å²) in [6.07, 6.45) is 0. The van der Waals surface area contributed by atoms with Crippen LogP contribution in [0.2, 0.25) is 0 Å². The van der Waals surface area contributed by atoms with Crippen molar-refractivity contribution in [2.24, 2.45) is 0 Å². The highest BCUT2D eigenvalue weighted by atomic mass is 32.2. The highest BCUT2D eigenvalue weighted by Crippen LogP contribution is 2.34. The second-order valence-electron chi connectivity index (χ2n) is 5.71. The standard InChI is InChI=1S/C16H17F2N5OS2/c1-8(6-24)20-14-13-15(21-11(25)5-19-13)23-16(22-14)26-7-9-3-2-4-10(17)12(9)18/h2-4,8,19,24H,5-7H2,1H3,(H2,20,21,22,23,25). The molecule has 0 aliphatic carbocycles. The number of aliphatic hydroxyl groups is 1. The number of rotatable bonds is 6. The van der Waals surface area contributed by atoms with Crippen molar-refractivity contribution in [2.45, 2.75) is 23.9 Å². The van der Waals surface area contributed by atoms with Crippen molar-refractivity contribution in [3.05, 3.63) is 35.4 Å². The fourth-order valence-electron chi connectivity index (χ4n) is 2.29. The molecule has 1 aromatic heterocycles. The van der Waals surface area contributed by atoms with E-state index in [0.29, 0.717) is 34.0 Å². The fraction of sp³-hybridized carbons (Fsp3) is 0.312. The fourth-order valence-corrected chi connectivity index (χ4v) is 3.28. The van der Waals surface area contributed by atoms with E-state index in [1.165, 1.54) is 23.9 Å². The first kappa shape index (κ1) is 18.7. The SMILES string of the molecule is CC(CO)Nc1nc(SCc2cccc(F)c2F)nc2c1NCC(=S)N2. The van der Waals surface area contributed by atoms with Crippen LogP contribution in [0.25, 0.3) is 0 Å². The largest absolute Gasteiger partial charge is 0.394 e. The minimum absolute atomic E-state index is 0.0679. The Morgan fingerprint density at radius 2 is 2.19 bits per heavy atom. The molecule has 0 saturated heterocycles. The lowest BCUT2D eigenvalue weighted by molar-refractivity contribution is 0.281. The van der Waals surface area contributed by atoms with Gasteiger partial charge in [-0.05, 0) is 13.0 Å². The lowest BCUT2D eigenvalue weighted by Crippen LogP contribution is -2.29. The monoisotopic (exact) mass is 397 g/mol. The summed E-state index contributed by atoms with van der Waals surface area (Å²) in [5.74, 6) is -0.564. The van der Waals surface area contributed by atoms with Crippen molar-refractivity contribution in [1.82, 2.24) is 9.97 Å². The number of aromatic nitrogens is 2. The molecule has 26 heavy (non-hydrogen) atoms. The molecule has 1 aliphatic heterocycles. The van der Waals surface area contributed by atoms with Gasteiger partial charge in [0.25, 0.3) is 0 Å². The van der Waals surface area contributed by atoms with Gasteiger partial charge in [-0.15, -0.1) is 0 Å². The van der Waals surface area contributed by atoms with Gasteiger partial charge in [-0.25, -0.2) is 18.7 Å². The number of nitrogens with one attached hydrogen (secondary N) is 3. The molecule has 0 spiro atoms. The zero-order valence-corrected chi connectivity index (χ0v) is 15.5. The number of thiocarbonyl (C=S) groups is 1. The molecule has 0 bridgehead atoms. The first-order valence-electron chi connectivity index (χ1n) is 7.86. The summed E-state index contributed by atoms with van der Waals surface area (Å²) >= 11 is 6.34. The molecule has 1 unspecified atom stereocenters. The molecule has 1 atom stereocenters. The molecule has 1 aromatic carbocycles. The topological polar surface area (TPSA) is 82.1 Å². The van der Waals surface area contributed by atoms with E-state index in [2.05, 4.69) is 25.9 Å². The molecule has 2 heterocycles. The molecule has 10 heteroatoms. The van der Waals surface area contributed by atoms with Gasteiger partial charge in [0, 0.05) is 17.4 Å². The van der Waals surface area contributed by atoms with Crippen LogP contribution in [-0.2, 0) is 5.75 Å². The Labute approximate surface area is 158 Å². The summed E-state index contributed by atoms with van der Waals surface area (Å²) in [4.78, 5) is 9.42. The van der Waals surface area contributed by atoms with E-state index < -0.39 is 11.6 Å². The van der Waals surface area contributed by atoms with Crippen molar-refractivity contribution in [3.8, 4) is 0 Å². The van der Waals surface area contributed by atoms with Gasteiger partial charge in [-0.1, -0.05) is 36.1 Å². The first-order chi connectivity index (χ1) is 12.5. The van der Waals surface area contributed by atoms with E-state index in [1.54, 1.807) is 0 Å². The molecule has 2 aromatic rings. The van der Waals surface area contributed by atoms with Gasteiger partial charge in [0.15, 0.2) is 28.4 Å². The molecular weight excluding hydrogens is 380 g/mol. The smallest absolute Gasteiger partial charge is 0.191 e. The molecule has 4 N–H and O–H groups in total. The number of thioether (sulfide) groups is 1. The Kier molecular flexibility index (Phi) is 5.84. The predicted molar refractivity (Wildman–Crippen MR) is 103 cm³/mol. The Balaban J connectivity index is 1.86. The van der Waals surface area contributed by atoms with Gasteiger partial charge in [0.05, 0.1) is 13.2 Å². The highest BCUT2D eigenvalue weighted by Gasteiger charge is 2.21. The van der Waals surface area contributed by atoms with E-state index >= 15 is 0 Å². The van der Waals surface area contributed by atoms with Crippen molar-refractivity contribution in [3.63, 3.8) is 0 Å². The van der Waals surface area contributed by atoms with Crippen LogP contribution < -0.4 is 16.0 Å². The molecular formula is C16H17F2N5OS2. The van der Waals surface area contributed by atoms with E-state index in [9.17, 15) is 13.9 Å². The van der Waals surface area contributed by atoms with Crippen molar-refractivity contribution >= 4 is 46.3 Å². The zero-order chi connectivity index (χ0) is 18.7. The molecule has 138 valence electrons. The van der Waals surface area contributed by atoms with Gasteiger partial charge in [0.1, 0.15) is 10.7 Å². The summed E-state index contributed by atoms with van der Waals surface area (Å²) in [5.41, 5.74) is 0.886. The maximum atomic E-state index is 13.8. The Hall–Kier alpha value is -2.04. The van der Waals surface area contributed by atoms with Crippen LogP contribution in [0.15, 0.2) is 23.4 Å². The molecule has 0 amide bonds. The third kappa shape index (κ3) is 4.19. The first-order valence-corrected chi connectivity index (χ1v) is 9.26. The maximum Gasteiger partial charge on any atom is 0.191 e. The highest BCUT2D eigenvalue weighted by molar-refractivity contribution is 7.98. The minimum Gasteiger partial charge on any atom is -0.394 e. The average molecular weight is 397 g/mol. The number of nitrogens with zero attached hydrogens (tertiary/aromatic N) is 2.